The molecule has 0 unspecified atom stereocenters. The number of ether oxygens (including phenoxy) is 3. The van der Waals surface area contributed by atoms with E-state index in [9.17, 15) is 39.6 Å². The number of unbranched alkanes of at least 4 members (excludes halogenated alkanes) is 1. The van der Waals surface area contributed by atoms with Crippen molar-refractivity contribution in [3.63, 3.8) is 0 Å². The van der Waals surface area contributed by atoms with Gasteiger partial charge in [-0.05, 0) is 51.3 Å². The number of aliphatic hydroxyl groups is 3. The number of rotatable bonds is 10. The highest BCUT2D eigenvalue weighted by atomic mass is 16.7. The van der Waals surface area contributed by atoms with Crippen molar-refractivity contribution in [2.75, 3.05) is 13.1 Å². The molecule has 1 fully saturated rings. The van der Waals surface area contributed by atoms with Crippen LogP contribution in [0.15, 0.2) is 33.5 Å². The molecule has 0 bridgehead atoms. The molecule has 0 radical (unpaired) electrons. The molecule has 0 spiro atoms. The van der Waals surface area contributed by atoms with Gasteiger partial charge in [-0.2, -0.15) is 0 Å². The number of fused-ring (bicyclic) bond motifs is 1. The van der Waals surface area contributed by atoms with Crippen molar-refractivity contribution < 1.29 is 53.4 Å². The minimum atomic E-state index is -1.87. The molecule has 1 aliphatic rings. The average molecular weight is 567 g/mol. The van der Waals surface area contributed by atoms with Crippen LogP contribution in [0.1, 0.15) is 39.2 Å². The van der Waals surface area contributed by atoms with Gasteiger partial charge in [0.15, 0.2) is 6.10 Å². The first-order valence-electron chi connectivity index (χ1n) is 12.6. The normalized spacial score (nSPS) is 22.9. The van der Waals surface area contributed by atoms with Crippen LogP contribution in [0.25, 0.3) is 11.0 Å². The molecule has 1 aromatic heterocycles. The highest BCUT2D eigenvalue weighted by molar-refractivity contribution is 5.87. The second-order valence-electron chi connectivity index (χ2n) is 10.3. The predicted molar refractivity (Wildman–Crippen MR) is 138 cm³/mol. The lowest BCUT2D eigenvalue weighted by Gasteiger charge is -2.38. The molecule has 2 heterocycles. The van der Waals surface area contributed by atoms with Gasteiger partial charge in [-0.25, -0.2) is 14.4 Å². The molecule has 3 rings (SSSR count). The Kier molecular flexibility index (Phi) is 10.1. The molecular formula is C26H34N2O12. The second kappa shape index (κ2) is 13.1. The monoisotopic (exact) mass is 566 g/mol. The van der Waals surface area contributed by atoms with Gasteiger partial charge in [0.05, 0.1) is 6.42 Å². The van der Waals surface area contributed by atoms with Gasteiger partial charge in [-0.3, -0.25) is 4.79 Å². The summed E-state index contributed by atoms with van der Waals surface area (Å²) in [5.74, 6) is -1.88. The fourth-order valence-corrected chi connectivity index (χ4v) is 3.93. The number of carboxylic acids is 1. The Hall–Kier alpha value is -3.72. The number of benzene rings is 1. The maximum absolute atomic E-state index is 12.5. The third-order valence-electron chi connectivity index (χ3n) is 5.81. The fourth-order valence-electron chi connectivity index (χ4n) is 3.93. The first-order valence-corrected chi connectivity index (χ1v) is 12.6. The summed E-state index contributed by atoms with van der Waals surface area (Å²) in [5.41, 5.74) is -0.863. The van der Waals surface area contributed by atoms with Gasteiger partial charge in [0, 0.05) is 30.6 Å². The molecule has 5 atom stereocenters. The molecule has 2 aromatic rings. The summed E-state index contributed by atoms with van der Waals surface area (Å²) < 4.78 is 20.9. The van der Waals surface area contributed by atoms with E-state index in [0.29, 0.717) is 36.9 Å². The van der Waals surface area contributed by atoms with E-state index in [-0.39, 0.29) is 23.7 Å². The number of hydrogen-bond acceptors (Lipinski definition) is 11. The number of carboxylic acid groups (broad SMARTS) is 1. The van der Waals surface area contributed by atoms with Crippen molar-refractivity contribution in [2.24, 2.45) is 0 Å². The molecule has 14 nitrogen and oxygen atoms in total. The van der Waals surface area contributed by atoms with Crippen molar-refractivity contribution in [1.29, 1.82) is 0 Å². The number of hydrogen-bond donors (Lipinski definition) is 6. The number of carbonyl (C=O) groups is 3. The Bertz CT molecular complexity index is 1270. The molecule has 0 aliphatic carbocycles. The molecule has 0 saturated carbocycles. The molecule has 2 amide bonds. The fraction of sp³-hybridized carbons (Fsp3) is 0.538. The Balaban J connectivity index is 1.57. The van der Waals surface area contributed by atoms with Crippen molar-refractivity contribution in [3.05, 3.63) is 40.2 Å². The van der Waals surface area contributed by atoms with E-state index in [1.807, 2.05) is 0 Å². The second-order valence-corrected chi connectivity index (χ2v) is 10.3. The summed E-state index contributed by atoms with van der Waals surface area (Å²) in [7, 11) is 0. The van der Waals surface area contributed by atoms with Crippen molar-refractivity contribution in [2.45, 2.75) is 76.3 Å². The SMILES string of the molecule is CC(C)(C)OC(=O)NCCCCNC(=O)Cc1cc(=O)oc2cc(O[C@@H]3O[C@@H](C(=O)O)[C@@H](O)[C@H](O)[C@H]3O)ccc12. The van der Waals surface area contributed by atoms with Crippen LogP contribution in [0.4, 0.5) is 4.79 Å². The van der Waals surface area contributed by atoms with E-state index in [2.05, 4.69) is 10.6 Å². The topological polar surface area (TPSA) is 214 Å². The van der Waals surface area contributed by atoms with Gasteiger partial charge in [0.2, 0.25) is 12.2 Å². The largest absolute Gasteiger partial charge is 0.479 e. The van der Waals surface area contributed by atoms with Crippen LogP contribution in [-0.2, 0) is 25.5 Å². The molecule has 1 aromatic carbocycles. The summed E-state index contributed by atoms with van der Waals surface area (Å²) in [5, 5.41) is 44.9. The van der Waals surface area contributed by atoms with Gasteiger partial charge in [-0.1, -0.05) is 0 Å². The van der Waals surface area contributed by atoms with E-state index in [1.54, 1.807) is 20.8 Å². The lowest BCUT2D eigenvalue weighted by molar-refractivity contribution is -0.271. The number of aliphatic hydroxyl groups excluding tert-OH is 3. The van der Waals surface area contributed by atoms with Crippen LogP contribution in [-0.4, -0.2) is 87.8 Å². The Morgan fingerprint density at radius 2 is 1.65 bits per heavy atom. The highest BCUT2D eigenvalue weighted by Crippen LogP contribution is 2.28. The van der Waals surface area contributed by atoms with E-state index in [0.717, 1.165) is 0 Å². The smallest absolute Gasteiger partial charge is 0.407 e. The van der Waals surface area contributed by atoms with Crippen LogP contribution in [0.3, 0.4) is 0 Å². The minimum Gasteiger partial charge on any atom is -0.479 e. The van der Waals surface area contributed by atoms with Gasteiger partial charge < -0.3 is 49.7 Å². The quantitative estimate of drug-likeness (QED) is 0.166. The number of alkyl carbamates (subject to hydrolysis) is 1. The molecule has 6 N–H and O–H groups in total. The van der Waals surface area contributed by atoms with E-state index in [4.69, 9.17) is 18.6 Å². The van der Waals surface area contributed by atoms with Crippen LogP contribution < -0.4 is 21.0 Å². The Labute approximate surface area is 228 Å². The Morgan fingerprint density at radius 3 is 2.30 bits per heavy atom. The third-order valence-corrected chi connectivity index (χ3v) is 5.81. The van der Waals surface area contributed by atoms with E-state index < -0.39 is 54.0 Å². The lowest BCUT2D eigenvalue weighted by atomic mass is 9.99. The summed E-state index contributed by atoms with van der Waals surface area (Å²) in [4.78, 5) is 47.5. The van der Waals surface area contributed by atoms with Gasteiger partial charge >= 0.3 is 17.7 Å². The summed E-state index contributed by atoms with van der Waals surface area (Å²) in [6.45, 7) is 6.04. The lowest BCUT2D eigenvalue weighted by Crippen LogP contribution is -2.61. The molecule has 40 heavy (non-hydrogen) atoms. The van der Waals surface area contributed by atoms with Crippen LogP contribution in [0, 0.1) is 0 Å². The molecule has 14 heteroatoms. The minimum absolute atomic E-state index is 0.00835. The first kappa shape index (κ1) is 30.8. The molecule has 220 valence electrons. The van der Waals surface area contributed by atoms with Crippen molar-refractivity contribution in [3.8, 4) is 5.75 Å². The molecule has 1 saturated heterocycles. The van der Waals surface area contributed by atoms with Crippen LogP contribution in [0.5, 0.6) is 5.75 Å². The predicted octanol–water partition coefficient (Wildman–Crippen LogP) is 0.0276. The maximum atomic E-state index is 12.5. The van der Waals surface area contributed by atoms with Crippen LogP contribution in [0.2, 0.25) is 0 Å². The van der Waals surface area contributed by atoms with Gasteiger partial charge in [-0.15, -0.1) is 0 Å². The summed E-state index contributed by atoms with van der Waals surface area (Å²) in [6, 6.07) is 5.41. The standard InChI is InChI=1S/C26H34N2O12/c1-26(2,3)40-25(36)28-9-5-4-8-27-17(29)10-13-11-18(30)38-16-12-14(6-7-15(13)16)37-24-21(33)19(31)20(32)22(39-24)23(34)35/h6-7,11-12,19-22,24,31-33H,4-5,8-10H2,1-3H3,(H,27,29)(H,28,36)(H,34,35)/t19-,20-,21+,22+,24+/m0/s1. The maximum Gasteiger partial charge on any atom is 0.407 e. The third kappa shape index (κ3) is 8.39. The van der Waals surface area contributed by atoms with Gasteiger partial charge in [0.25, 0.3) is 0 Å². The van der Waals surface area contributed by atoms with Crippen LogP contribution >= 0.6 is 0 Å². The van der Waals surface area contributed by atoms with Crippen molar-refractivity contribution >= 4 is 28.9 Å². The first-order chi connectivity index (χ1) is 18.7. The van der Waals surface area contributed by atoms with E-state index >= 15 is 0 Å². The highest BCUT2D eigenvalue weighted by Gasteiger charge is 2.48. The molecular weight excluding hydrogens is 532 g/mol. The Morgan fingerprint density at radius 1 is 0.975 bits per heavy atom. The van der Waals surface area contributed by atoms with Crippen molar-refractivity contribution in [1.82, 2.24) is 10.6 Å². The zero-order valence-corrected chi connectivity index (χ0v) is 22.3. The van der Waals surface area contributed by atoms with E-state index in [1.165, 1.54) is 24.3 Å². The molecule has 1 aliphatic heterocycles. The number of nitrogens with one attached hydrogen (secondary N) is 2. The zero-order chi connectivity index (χ0) is 29.6. The summed E-state index contributed by atoms with van der Waals surface area (Å²) in [6.07, 6.45) is -8.38. The number of aliphatic carboxylic acids is 1. The zero-order valence-electron chi connectivity index (χ0n) is 22.3. The average Bonchev–Trinajstić information content (AvgIpc) is 2.84. The summed E-state index contributed by atoms with van der Waals surface area (Å²) >= 11 is 0. The number of amides is 2. The van der Waals surface area contributed by atoms with Gasteiger partial charge in [0.1, 0.15) is 35.2 Å². The number of carbonyl (C=O) groups excluding carboxylic acids is 2.